The number of phenols is 1. The van der Waals surface area contributed by atoms with E-state index in [4.69, 9.17) is 11.0 Å². The summed E-state index contributed by atoms with van der Waals surface area (Å²) in [5.74, 6) is 0.236. The van der Waals surface area contributed by atoms with Gasteiger partial charge in [0.2, 0.25) is 0 Å². The lowest BCUT2D eigenvalue weighted by Gasteiger charge is -2.22. The van der Waals surface area contributed by atoms with Crippen molar-refractivity contribution in [3.8, 4) is 11.8 Å². The summed E-state index contributed by atoms with van der Waals surface area (Å²) in [7, 11) is 0. The molecule has 1 rings (SSSR count). The molecular weight excluding hydrogens is 214 g/mol. The van der Waals surface area contributed by atoms with Gasteiger partial charge < -0.3 is 10.8 Å². The Morgan fingerprint density at radius 1 is 1.53 bits per heavy atom. The first kappa shape index (κ1) is 13.3. The van der Waals surface area contributed by atoms with Crippen LogP contribution in [0.1, 0.15) is 19.4 Å². The van der Waals surface area contributed by atoms with E-state index in [-0.39, 0.29) is 11.7 Å². The number of anilines is 1. The molecule has 4 heteroatoms. The molecule has 3 N–H and O–H groups in total. The predicted molar refractivity (Wildman–Crippen MR) is 68.2 cm³/mol. The minimum atomic E-state index is -0.0156. The lowest BCUT2D eigenvalue weighted by Crippen LogP contribution is -2.27. The Morgan fingerprint density at radius 3 is 2.82 bits per heavy atom. The number of hydrogen-bond donors (Lipinski definition) is 2. The van der Waals surface area contributed by atoms with Crippen molar-refractivity contribution in [3.63, 3.8) is 0 Å². The maximum Gasteiger partial charge on any atom is 0.120 e. The second kappa shape index (κ2) is 6.12. The van der Waals surface area contributed by atoms with Gasteiger partial charge in [-0.15, -0.1) is 0 Å². The molecule has 0 amide bonds. The smallest absolute Gasteiger partial charge is 0.120 e. The summed E-state index contributed by atoms with van der Waals surface area (Å²) in [4.78, 5) is 2.11. The Balaban J connectivity index is 2.74. The highest BCUT2D eigenvalue weighted by atomic mass is 16.3. The van der Waals surface area contributed by atoms with Gasteiger partial charge in [0, 0.05) is 24.3 Å². The number of nitrogens with zero attached hydrogens (tertiary/aromatic N) is 2. The zero-order valence-corrected chi connectivity index (χ0v) is 10.3. The lowest BCUT2D eigenvalue weighted by atomic mass is 10.1. The van der Waals surface area contributed by atoms with Crippen LogP contribution in [0, 0.1) is 17.2 Å². The number of nitrogens with two attached hydrogens (primary N) is 1. The summed E-state index contributed by atoms with van der Waals surface area (Å²) in [6.07, 6.45) is 0. The van der Waals surface area contributed by atoms with Gasteiger partial charge in [-0.1, -0.05) is 6.92 Å². The molecule has 0 aliphatic rings. The molecule has 17 heavy (non-hydrogen) atoms. The Bertz CT molecular complexity index is 412. The normalized spacial score (nSPS) is 12.4. The number of nitrogen functional groups attached to an aromatic ring is 1. The van der Waals surface area contributed by atoms with Gasteiger partial charge in [0.1, 0.15) is 5.75 Å². The minimum Gasteiger partial charge on any atom is -0.508 e. The van der Waals surface area contributed by atoms with Crippen LogP contribution in [-0.4, -0.2) is 23.1 Å². The van der Waals surface area contributed by atoms with Crippen LogP contribution in [0.15, 0.2) is 18.2 Å². The van der Waals surface area contributed by atoms with E-state index in [2.05, 4.69) is 11.0 Å². The minimum absolute atomic E-state index is 0.0156. The van der Waals surface area contributed by atoms with E-state index < -0.39 is 0 Å². The van der Waals surface area contributed by atoms with E-state index in [1.54, 1.807) is 18.2 Å². The molecule has 0 radical (unpaired) electrons. The van der Waals surface area contributed by atoms with Crippen molar-refractivity contribution in [1.82, 2.24) is 4.90 Å². The van der Waals surface area contributed by atoms with Crippen LogP contribution in [0.3, 0.4) is 0 Å². The second-order valence-electron chi connectivity index (χ2n) is 4.25. The van der Waals surface area contributed by atoms with E-state index in [9.17, 15) is 5.11 Å². The fraction of sp³-hybridized carbons (Fsp3) is 0.462. The highest BCUT2D eigenvalue weighted by Crippen LogP contribution is 2.21. The second-order valence-corrected chi connectivity index (χ2v) is 4.25. The zero-order valence-electron chi connectivity index (χ0n) is 10.3. The first-order valence-electron chi connectivity index (χ1n) is 5.76. The molecule has 1 atom stereocenters. The molecule has 0 bridgehead atoms. The summed E-state index contributed by atoms with van der Waals surface area (Å²) in [5, 5.41) is 18.5. The summed E-state index contributed by atoms with van der Waals surface area (Å²) in [5.41, 5.74) is 7.13. The van der Waals surface area contributed by atoms with Gasteiger partial charge in [0.05, 0.1) is 12.0 Å². The van der Waals surface area contributed by atoms with Crippen LogP contribution in [0.2, 0.25) is 0 Å². The highest BCUT2D eigenvalue weighted by molar-refractivity contribution is 5.47. The molecule has 1 aromatic carbocycles. The average molecular weight is 233 g/mol. The lowest BCUT2D eigenvalue weighted by molar-refractivity contribution is 0.257. The van der Waals surface area contributed by atoms with Crippen molar-refractivity contribution < 1.29 is 5.11 Å². The topological polar surface area (TPSA) is 73.3 Å². The molecule has 4 nitrogen and oxygen atoms in total. The quantitative estimate of drug-likeness (QED) is 0.602. The van der Waals surface area contributed by atoms with Gasteiger partial charge in [-0.05, 0) is 31.7 Å². The van der Waals surface area contributed by atoms with Crippen LogP contribution >= 0.6 is 0 Å². The van der Waals surface area contributed by atoms with E-state index in [0.29, 0.717) is 18.8 Å². The fourth-order valence-corrected chi connectivity index (χ4v) is 1.71. The van der Waals surface area contributed by atoms with Gasteiger partial charge in [-0.3, -0.25) is 4.90 Å². The predicted octanol–water partition coefficient (Wildman–Crippen LogP) is 1.96. The summed E-state index contributed by atoms with van der Waals surface area (Å²) < 4.78 is 0. The maximum absolute atomic E-state index is 9.72. The van der Waals surface area contributed by atoms with Crippen molar-refractivity contribution >= 4 is 5.69 Å². The number of phenolic OH excluding ortho intramolecular Hbond substituents is 1. The maximum atomic E-state index is 9.72. The molecular formula is C13H19N3O. The van der Waals surface area contributed by atoms with Crippen molar-refractivity contribution in [3.05, 3.63) is 23.8 Å². The van der Waals surface area contributed by atoms with Crippen LogP contribution in [-0.2, 0) is 6.54 Å². The van der Waals surface area contributed by atoms with Crippen LogP contribution in [0.25, 0.3) is 0 Å². The van der Waals surface area contributed by atoms with E-state index in [0.717, 1.165) is 12.1 Å². The van der Waals surface area contributed by atoms with E-state index in [1.165, 1.54) is 0 Å². The fourth-order valence-electron chi connectivity index (χ4n) is 1.71. The first-order chi connectivity index (χ1) is 8.06. The number of benzene rings is 1. The summed E-state index contributed by atoms with van der Waals surface area (Å²) >= 11 is 0. The molecule has 0 heterocycles. The van der Waals surface area contributed by atoms with E-state index in [1.807, 2.05) is 13.8 Å². The SMILES string of the molecule is CCN(Cc1cc(N)ccc1O)CC(C)C#N. The Hall–Kier alpha value is -1.73. The molecule has 0 aromatic heterocycles. The zero-order chi connectivity index (χ0) is 12.8. The van der Waals surface area contributed by atoms with Crippen molar-refractivity contribution in [2.24, 2.45) is 5.92 Å². The number of nitriles is 1. The molecule has 92 valence electrons. The molecule has 0 saturated carbocycles. The average Bonchev–Trinajstić information content (AvgIpc) is 2.32. The summed E-state index contributed by atoms with van der Waals surface area (Å²) in [6, 6.07) is 7.26. The Kier molecular flexibility index (Phi) is 4.80. The number of hydrogen-bond acceptors (Lipinski definition) is 4. The highest BCUT2D eigenvalue weighted by Gasteiger charge is 2.11. The molecule has 0 aliphatic heterocycles. The Morgan fingerprint density at radius 2 is 2.24 bits per heavy atom. The number of rotatable bonds is 5. The molecule has 1 aromatic rings. The molecule has 0 spiro atoms. The third kappa shape index (κ3) is 3.97. The van der Waals surface area contributed by atoms with Gasteiger partial charge in [-0.2, -0.15) is 5.26 Å². The van der Waals surface area contributed by atoms with E-state index >= 15 is 0 Å². The number of aromatic hydroxyl groups is 1. The monoisotopic (exact) mass is 233 g/mol. The van der Waals surface area contributed by atoms with Gasteiger partial charge in [-0.25, -0.2) is 0 Å². The van der Waals surface area contributed by atoms with Gasteiger partial charge in [0.25, 0.3) is 0 Å². The third-order valence-electron chi connectivity index (χ3n) is 2.70. The standard InChI is InChI=1S/C13H19N3O/c1-3-16(8-10(2)7-14)9-11-6-12(15)4-5-13(11)17/h4-6,10,17H,3,8-9,15H2,1-2H3. The molecule has 0 saturated heterocycles. The molecule has 0 fully saturated rings. The molecule has 0 aliphatic carbocycles. The van der Waals surface area contributed by atoms with Crippen molar-refractivity contribution in [1.29, 1.82) is 5.26 Å². The first-order valence-corrected chi connectivity index (χ1v) is 5.76. The third-order valence-corrected chi connectivity index (χ3v) is 2.70. The summed E-state index contributed by atoms with van der Waals surface area (Å²) in [6.45, 7) is 6.07. The van der Waals surface area contributed by atoms with Crippen LogP contribution in [0.5, 0.6) is 5.75 Å². The largest absolute Gasteiger partial charge is 0.508 e. The van der Waals surface area contributed by atoms with Crippen molar-refractivity contribution in [2.75, 3.05) is 18.8 Å². The van der Waals surface area contributed by atoms with Crippen LogP contribution < -0.4 is 5.73 Å². The Labute approximate surface area is 102 Å². The molecule has 1 unspecified atom stereocenters. The van der Waals surface area contributed by atoms with Crippen molar-refractivity contribution in [2.45, 2.75) is 20.4 Å². The van der Waals surface area contributed by atoms with Crippen LogP contribution in [0.4, 0.5) is 5.69 Å². The van der Waals surface area contributed by atoms with Gasteiger partial charge in [0.15, 0.2) is 0 Å². The van der Waals surface area contributed by atoms with Gasteiger partial charge >= 0.3 is 0 Å².